The van der Waals surface area contributed by atoms with Crippen molar-refractivity contribution in [2.24, 2.45) is 0 Å². The van der Waals surface area contributed by atoms with Crippen molar-refractivity contribution in [2.75, 3.05) is 31.1 Å². The SMILES string of the molecule is Cc1ccccc1CN1CCN(CC(=O)N2CCc3ccccc32)C(=O)C1=O. The molecule has 0 spiro atoms. The summed E-state index contributed by atoms with van der Waals surface area (Å²) in [6, 6.07) is 15.6. The third-order valence-corrected chi connectivity index (χ3v) is 5.53. The molecule has 2 aromatic rings. The molecule has 0 unspecified atom stereocenters. The second-order valence-electron chi connectivity index (χ2n) is 7.30. The van der Waals surface area contributed by atoms with E-state index in [1.165, 1.54) is 4.90 Å². The molecule has 4 rings (SSSR count). The van der Waals surface area contributed by atoms with E-state index in [1.807, 2.05) is 55.5 Å². The van der Waals surface area contributed by atoms with Crippen molar-refractivity contribution in [3.63, 3.8) is 0 Å². The van der Waals surface area contributed by atoms with Crippen LogP contribution < -0.4 is 4.90 Å². The Morgan fingerprint density at radius 1 is 0.893 bits per heavy atom. The zero-order valence-corrected chi connectivity index (χ0v) is 15.9. The molecule has 1 fully saturated rings. The third kappa shape index (κ3) is 3.38. The van der Waals surface area contributed by atoms with E-state index in [2.05, 4.69) is 0 Å². The van der Waals surface area contributed by atoms with Crippen molar-refractivity contribution in [1.29, 1.82) is 0 Å². The number of piperazine rings is 1. The van der Waals surface area contributed by atoms with Gasteiger partial charge >= 0.3 is 11.8 Å². The smallest absolute Gasteiger partial charge is 0.312 e. The van der Waals surface area contributed by atoms with Gasteiger partial charge in [-0.3, -0.25) is 14.4 Å². The average Bonchev–Trinajstić information content (AvgIpc) is 3.13. The number of amides is 3. The number of carbonyl (C=O) groups excluding carboxylic acids is 3. The third-order valence-electron chi connectivity index (χ3n) is 5.53. The highest BCUT2D eigenvalue weighted by molar-refractivity contribution is 6.35. The lowest BCUT2D eigenvalue weighted by molar-refractivity contribution is -0.157. The Hall–Kier alpha value is -3.15. The number of fused-ring (bicyclic) bond motifs is 1. The minimum atomic E-state index is -0.597. The van der Waals surface area contributed by atoms with Crippen LogP contribution in [0.25, 0.3) is 0 Å². The number of anilines is 1. The molecule has 0 aliphatic carbocycles. The minimum Gasteiger partial charge on any atom is -0.328 e. The van der Waals surface area contributed by atoms with E-state index < -0.39 is 11.8 Å². The zero-order valence-electron chi connectivity index (χ0n) is 15.9. The molecule has 0 aromatic heterocycles. The molecule has 6 nitrogen and oxygen atoms in total. The molecule has 2 aliphatic heterocycles. The predicted molar refractivity (Wildman–Crippen MR) is 106 cm³/mol. The van der Waals surface area contributed by atoms with Gasteiger partial charge in [0.2, 0.25) is 5.91 Å². The van der Waals surface area contributed by atoms with Crippen LogP contribution in [-0.2, 0) is 27.3 Å². The van der Waals surface area contributed by atoms with Gasteiger partial charge in [-0.25, -0.2) is 0 Å². The number of hydrogen-bond donors (Lipinski definition) is 0. The number of benzene rings is 2. The maximum Gasteiger partial charge on any atom is 0.312 e. The van der Waals surface area contributed by atoms with E-state index in [9.17, 15) is 14.4 Å². The summed E-state index contributed by atoms with van der Waals surface area (Å²) in [7, 11) is 0. The van der Waals surface area contributed by atoms with Crippen LogP contribution in [0, 0.1) is 6.92 Å². The monoisotopic (exact) mass is 377 g/mol. The summed E-state index contributed by atoms with van der Waals surface area (Å²) in [5.74, 6) is -1.27. The lowest BCUT2D eigenvalue weighted by atomic mass is 10.1. The molecule has 3 amide bonds. The number of hydrogen-bond acceptors (Lipinski definition) is 3. The summed E-state index contributed by atoms with van der Waals surface area (Å²) < 4.78 is 0. The largest absolute Gasteiger partial charge is 0.328 e. The molecule has 0 N–H and O–H groups in total. The molecule has 2 aromatic carbocycles. The quantitative estimate of drug-likeness (QED) is 0.763. The molecule has 2 heterocycles. The van der Waals surface area contributed by atoms with Crippen molar-refractivity contribution < 1.29 is 14.4 Å². The van der Waals surface area contributed by atoms with Crippen molar-refractivity contribution in [3.05, 3.63) is 65.2 Å². The summed E-state index contributed by atoms with van der Waals surface area (Å²) in [5, 5.41) is 0. The zero-order chi connectivity index (χ0) is 19.7. The Balaban J connectivity index is 1.40. The second-order valence-corrected chi connectivity index (χ2v) is 7.30. The highest BCUT2D eigenvalue weighted by atomic mass is 16.2. The van der Waals surface area contributed by atoms with E-state index in [0.29, 0.717) is 26.2 Å². The van der Waals surface area contributed by atoms with E-state index in [0.717, 1.165) is 28.8 Å². The van der Waals surface area contributed by atoms with Gasteiger partial charge in [0.25, 0.3) is 0 Å². The van der Waals surface area contributed by atoms with E-state index >= 15 is 0 Å². The summed E-state index contributed by atoms with van der Waals surface area (Å²) in [6.07, 6.45) is 0.818. The predicted octanol–water partition coefficient (Wildman–Crippen LogP) is 1.76. The molecule has 0 bridgehead atoms. The Morgan fingerprint density at radius 3 is 2.39 bits per heavy atom. The van der Waals surface area contributed by atoms with Gasteiger partial charge in [-0.2, -0.15) is 0 Å². The highest BCUT2D eigenvalue weighted by Gasteiger charge is 2.35. The standard InChI is InChI=1S/C22H23N3O3/c1-16-6-2-3-8-18(16)14-23-12-13-24(22(28)21(23)27)15-20(26)25-11-10-17-7-4-5-9-19(17)25/h2-9H,10-15H2,1H3. The molecule has 2 aliphatic rings. The number of para-hydroxylation sites is 1. The van der Waals surface area contributed by atoms with Crippen LogP contribution in [0.1, 0.15) is 16.7 Å². The summed E-state index contributed by atoms with van der Waals surface area (Å²) in [5.41, 5.74) is 4.17. The first-order chi connectivity index (χ1) is 13.5. The van der Waals surface area contributed by atoms with E-state index in [4.69, 9.17) is 0 Å². The molecule has 6 heteroatoms. The highest BCUT2D eigenvalue weighted by Crippen LogP contribution is 2.27. The molecule has 0 saturated carbocycles. The Bertz CT molecular complexity index is 940. The number of nitrogens with zero attached hydrogens (tertiary/aromatic N) is 3. The Morgan fingerprint density at radius 2 is 1.57 bits per heavy atom. The van der Waals surface area contributed by atoms with E-state index in [1.54, 1.807) is 9.80 Å². The maximum absolute atomic E-state index is 12.8. The lowest BCUT2D eigenvalue weighted by Gasteiger charge is -2.34. The van der Waals surface area contributed by atoms with Crippen LogP contribution in [0.3, 0.4) is 0 Å². The number of carbonyl (C=O) groups is 3. The molecular weight excluding hydrogens is 354 g/mol. The minimum absolute atomic E-state index is 0.0584. The van der Waals surface area contributed by atoms with Gasteiger partial charge in [0.05, 0.1) is 0 Å². The van der Waals surface area contributed by atoms with Gasteiger partial charge in [0.15, 0.2) is 0 Å². The molecule has 1 saturated heterocycles. The average molecular weight is 377 g/mol. The first-order valence-electron chi connectivity index (χ1n) is 9.55. The fourth-order valence-electron chi connectivity index (χ4n) is 3.86. The summed E-state index contributed by atoms with van der Waals surface area (Å²) in [4.78, 5) is 42.5. The van der Waals surface area contributed by atoms with Crippen molar-refractivity contribution in [2.45, 2.75) is 19.9 Å². The van der Waals surface area contributed by atoms with Gasteiger partial charge in [0, 0.05) is 31.9 Å². The molecule has 28 heavy (non-hydrogen) atoms. The summed E-state index contributed by atoms with van der Waals surface area (Å²) in [6.45, 7) is 3.77. The van der Waals surface area contributed by atoms with E-state index in [-0.39, 0.29) is 12.5 Å². The fraction of sp³-hybridized carbons (Fsp3) is 0.318. The fourth-order valence-corrected chi connectivity index (χ4v) is 3.86. The van der Waals surface area contributed by atoms with Crippen molar-refractivity contribution in [3.8, 4) is 0 Å². The van der Waals surface area contributed by atoms with Crippen LogP contribution in [0.4, 0.5) is 5.69 Å². The van der Waals surface area contributed by atoms with Gasteiger partial charge < -0.3 is 14.7 Å². The van der Waals surface area contributed by atoms with Crippen LogP contribution in [-0.4, -0.2) is 53.7 Å². The topological polar surface area (TPSA) is 60.9 Å². The van der Waals surface area contributed by atoms with Gasteiger partial charge in [-0.1, -0.05) is 42.5 Å². The molecule has 0 radical (unpaired) electrons. The first-order valence-corrected chi connectivity index (χ1v) is 9.55. The van der Waals surface area contributed by atoms with Crippen LogP contribution >= 0.6 is 0 Å². The van der Waals surface area contributed by atoms with Gasteiger partial charge in [-0.15, -0.1) is 0 Å². The lowest BCUT2D eigenvalue weighted by Crippen LogP contribution is -2.56. The second kappa shape index (κ2) is 7.46. The van der Waals surface area contributed by atoms with Crippen molar-refractivity contribution in [1.82, 2.24) is 9.80 Å². The van der Waals surface area contributed by atoms with Crippen molar-refractivity contribution >= 4 is 23.4 Å². The van der Waals surface area contributed by atoms with Gasteiger partial charge in [0.1, 0.15) is 6.54 Å². The number of rotatable bonds is 4. The van der Waals surface area contributed by atoms with Gasteiger partial charge in [-0.05, 0) is 36.1 Å². The Kier molecular flexibility index (Phi) is 4.86. The first kappa shape index (κ1) is 18.2. The van der Waals surface area contributed by atoms with Crippen LogP contribution in [0.5, 0.6) is 0 Å². The number of aryl methyl sites for hydroxylation is 1. The Labute approximate surface area is 164 Å². The normalized spacial score (nSPS) is 16.5. The molecule has 144 valence electrons. The summed E-state index contributed by atoms with van der Waals surface area (Å²) >= 11 is 0. The van der Waals surface area contributed by atoms with Crippen LogP contribution in [0.2, 0.25) is 0 Å². The molecular formula is C22H23N3O3. The molecule has 0 atom stereocenters. The van der Waals surface area contributed by atoms with Crippen LogP contribution in [0.15, 0.2) is 48.5 Å². The maximum atomic E-state index is 12.8.